The van der Waals surface area contributed by atoms with E-state index >= 15 is 0 Å². The summed E-state index contributed by atoms with van der Waals surface area (Å²) in [6, 6.07) is 0. The summed E-state index contributed by atoms with van der Waals surface area (Å²) in [4.78, 5) is 0. The number of allylic oxidation sites excluding steroid dienone is 6. The predicted molar refractivity (Wildman–Crippen MR) is 77.8 cm³/mol. The molecule has 0 radical (unpaired) electrons. The first-order valence-electron chi connectivity index (χ1n) is 7.36. The van der Waals surface area contributed by atoms with E-state index in [9.17, 15) is 17.6 Å². The van der Waals surface area contributed by atoms with Gasteiger partial charge in [-0.3, -0.25) is 0 Å². The van der Waals surface area contributed by atoms with E-state index in [1.165, 1.54) is 12.2 Å². The topological polar surface area (TPSA) is 9.23 Å². The Morgan fingerprint density at radius 1 is 1.18 bits per heavy atom. The SMILES string of the molecule is CC(C)C1=CC(C)C(OC2=CC=CC(C(F)(F)F)C2F)C=C1. The number of hydrogen-bond acceptors (Lipinski definition) is 1. The third kappa shape index (κ3) is 3.62. The van der Waals surface area contributed by atoms with E-state index in [-0.39, 0.29) is 11.7 Å². The average Bonchev–Trinajstić information content (AvgIpc) is 2.41. The molecule has 4 unspecified atom stereocenters. The Balaban J connectivity index is 2.08. The van der Waals surface area contributed by atoms with E-state index in [0.29, 0.717) is 5.92 Å². The first-order chi connectivity index (χ1) is 10.2. The van der Waals surface area contributed by atoms with E-state index in [0.717, 1.165) is 11.6 Å². The maximum Gasteiger partial charge on any atom is 0.398 e. The molecule has 0 aromatic heterocycles. The van der Waals surface area contributed by atoms with Crippen LogP contribution in [0, 0.1) is 17.8 Å². The van der Waals surface area contributed by atoms with Crippen molar-refractivity contribution < 1.29 is 22.3 Å². The van der Waals surface area contributed by atoms with Crippen LogP contribution < -0.4 is 0 Å². The second kappa shape index (κ2) is 6.31. The third-order valence-corrected chi connectivity index (χ3v) is 3.93. The summed E-state index contributed by atoms with van der Waals surface area (Å²) >= 11 is 0. The smallest absolute Gasteiger partial charge is 0.398 e. The Bertz CT molecular complexity index is 525. The van der Waals surface area contributed by atoms with Crippen LogP contribution in [-0.2, 0) is 4.74 Å². The fraction of sp³-hybridized carbons (Fsp3) is 0.529. The minimum Gasteiger partial charge on any atom is -0.487 e. The van der Waals surface area contributed by atoms with Crippen molar-refractivity contribution in [1.82, 2.24) is 0 Å². The maximum absolute atomic E-state index is 14.1. The molecule has 0 aromatic carbocycles. The van der Waals surface area contributed by atoms with Gasteiger partial charge in [0.05, 0.1) is 0 Å². The maximum atomic E-state index is 14.1. The molecule has 0 fully saturated rings. The van der Waals surface area contributed by atoms with E-state index in [1.54, 1.807) is 6.08 Å². The van der Waals surface area contributed by atoms with Crippen LogP contribution in [0.3, 0.4) is 0 Å². The third-order valence-electron chi connectivity index (χ3n) is 3.93. The highest BCUT2D eigenvalue weighted by molar-refractivity contribution is 5.29. The van der Waals surface area contributed by atoms with Gasteiger partial charge in [-0.1, -0.05) is 45.1 Å². The number of alkyl halides is 4. The zero-order chi connectivity index (χ0) is 16.5. The molecule has 1 nitrogen and oxygen atoms in total. The average molecular weight is 316 g/mol. The van der Waals surface area contributed by atoms with Crippen LogP contribution in [0.2, 0.25) is 0 Å². The lowest BCUT2D eigenvalue weighted by Crippen LogP contribution is -2.35. The van der Waals surface area contributed by atoms with Crippen molar-refractivity contribution in [2.45, 2.75) is 39.2 Å². The summed E-state index contributed by atoms with van der Waals surface area (Å²) in [5.41, 5.74) is 1.15. The number of hydrogen-bond donors (Lipinski definition) is 0. The molecular formula is C17H20F4O. The van der Waals surface area contributed by atoms with Gasteiger partial charge in [0, 0.05) is 5.92 Å². The van der Waals surface area contributed by atoms with Gasteiger partial charge < -0.3 is 4.74 Å². The van der Waals surface area contributed by atoms with Crippen LogP contribution >= 0.6 is 0 Å². The Morgan fingerprint density at radius 2 is 1.86 bits per heavy atom. The molecule has 0 aromatic rings. The van der Waals surface area contributed by atoms with E-state index in [4.69, 9.17) is 4.74 Å². The molecule has 2 rings (SSSR count). The molecule has 4 atom stereocenters. The predicted octanol–water partition coefficient (Wildman–Crippen LogP) is 5.13. The van der Waals surface area contributed by atoms with E-state index in [2.05, 4.69) is 13.8 Å². The lowest BCUT2D eigenvalue weighted by Gasteiger charge is -2.30. The van der Waals surface area contributed by atoms with Crippen molar-refractivity contribution in [3.05, 3.63) is 47.8 Å². The van der Waals surface area contributed by atoms with Crippen LogP contribution in [-0.4, -0.2) is 18.5 Å². The summed E-state index contributed by atoms with van der Waals surface area (Å²) in [5.74, 6) is -2.06. The van der Waals surface area contributed by atoms with Crippen LogP contribution in [0.5, 0.6) is 0 Å². The van der Waals surface area contributed by atoms with Gasteiger partial charge in [0.1, 0.15) is 17.8 Å². The highest BCUT2D eigenvalue weighted by Crippen LogP contribution is 2.38. The number of halogens is 4. The van der Waals surface area contributed by atoms with Crippen LogP contribution in [0.15, 0.2) is 47.8 Å². The Labute approximate surface area is 128 Å². The molecule has 0 bridgehead atoms. The second-order valence-electron chi connectivity index (χ2n) is 6.05. The molecule has 0 aliphatic heterocycles. The van der Waals surface area contributed by atoms with Crippen molar-refractivity contribution in [3.63, 3.8) is 0 Å². The molecule has 0 amide bonds. The van der Waals surface area contributed by atoms with Crippen LogP contribution in [0.25, 0.3) is 0 Å². The van der Waals surface area contributed by atoms with Gasteiger partial charge in [0.15, 0.2) is 6.17 Å². The van der Waals surface area contributed by atoms with Crippen LogP contribution in [0.1, 0.15) is 20.8 Å². The van der Waals surface area contributed by atoms with Gasteiger partial charge in [-0.05, 0) is 23.6 Å². The second-order valence-corrected chi connectivity index (χ2v) is 6.05. The molecule has 122 valence electrons. The number of rotatable bonds is 3. The molecule has 22 heavy (non-hydrogen) atoms. The quantitative estimate of drug-likeness (QED) is 0.656. The van der Waals surface area contributed by atoms with Gasteiger partial charge in [0.2, 0.25) is 0 Å². The summed E-state index contributed by atoms with van der Waals surface area (Å²) in [7, 11) is 0. The molecule has 5 heteroatoms. The lowest BCUT2D eigenvalue weighted by atomic mass is 9.89. The minimum atomic E-state index is -4.61. The van der Waals surface area contributed by atoms with Gasteiger partial charge in [-0.25, -0.2) is 4.39 Å². The summed E-state index contributed by atoms with van der Waals surface area (Å²) in [5, 5.41) is 0. The molecule has 2 aliphatic carbocycles. The minimum absolute atomic E-state index is 0.0225. The van der Waals surface area contributed by atoms with Gasteiger partial charge in [-0.2, -0.15) is 13.2 Å². The van der Waals surface area contributed by atoms with Crippen molar-refractivity contribution in [2.24, 2.45) is 17.8 Å². The monoisotopic (exact) mass is 316 g/mol. The first-order valence-corrected chi connectivity index (χ1v) is 7.36. The summed E-state index contributed by atoms with van der Waals surface area (Å²) in [6.45, 7) is 6.03. The Hall–Kier alpha value is -1.52. The number of ether oxygens (including phenoxy) is 1. The molecule has 0 saturated carbocycles. The fourth-order valence-corrected chi connectivity index (χ4v) is 2.54. The molecule has 0 spiro atoms. The van der Waals surface area contributed by atoms with Crippen molar-refractivity contribution >= 4 is 0 Å². The lowest BCUT2D eigenvalue weighted by molar-refractivity contribution is -0.177. The largest absolute Gasteiger partial charge is 0.487 e. The molecule has 0 N–H and O–H groups in total. The van der Waals surface area contributed by atoms with Crippen molar-refractivity contribution in [1.29, 1.82) is 0 Å². The van der Waals surface area contributed by atoms with Crippen LogP contribution in [0.4, 0.5) is 17.6 Å². The van der Waals surface area contributed by atoms with E-state index in [1.807, 2.05) is 19.1 Å². The Morgan fingerprint density at radius 3 is 2.41 bits per heavy atom. The zero-order valence-electron chi connectivity index (χ0n) is 12.8. The normalized spacial score (nSPS) is 32.0. The molecule has 2 aliphatic rings. The highest BCUT2D eigenvalue weighted by Gasteiger charge is 2.46. The highest BCUT2D eigenvalue weighted by atomic mass is 19.4. The standard InChI is InChI=1S/C17H20F4O/c1-10(2)12-7-8-14(11(3)9-12)22-15-6-4-5-13(16(15)18)17(19,20)21/h4-11,13-14,16H,1-3H3. The van der Waals surface area contributed by atoms with Crippen molar-refractivity contribution in [3.8, 4) is 0 Å². The van der Waals surface area contributed by atoms with Crippen molar-refractivity contribution in [2.75, 3.05) is 0 Å². The Kier molecular flexibility index (Phi) is 4.83. The molecule has 0 heterocycles. The first kappa shape index (κ1) is 16.8. The molecular weight excluding hydrogens is 296 g/mol. The fourth-order valence-electron chi connectivity index (χ4n) is 2.54. The summed E-state index contributed by atoms with van der Waals surface area (Å²) in [6.07, 6.45) is 1.74. The van der Waals surface area contributed by atoms with Gasteiger partial charge >= 0.3 is 6.18 Å². The van der Waals surface area contributed by atoms with Gasteiger partial charge in [-0.15, -0.1) is 0 Å². The van der Waals surface area contributed by atoms with Gasteiger partial charge in [0.25, 0.3) is 0 Å². The molecule has 0 saturated heterocycles. The summed E-state index contributed by atoms with van der Waals surface area (Å²) < 4.78 is 57.9. The zero-order valence-corrected chi connectivity index (χ0v) is 12.8. The van der Waals surface area contributed by atoms with E-state index < -0.39 is 24.4 Å².